The third-order valence-electron chi connectivity index (χ3n) is 3.38. The molecule has 0 aliphatic heterocycles. The largest absolute Gasteiger partial charge is 0.339 e. The Balaban J connectivity index is 2.38. The van der Waals surface area contributed by atoms with Crippen LogP contribution >= 0.6 is 22.6 Å². The van der Waals surface area contributed by atoms with Crippen LogP contribution in [0.5, 0.6) is 0 Å². The molecule has 0 radical (unpaired) electrons. The van der Waals surface area contributed by atoms with Crippen LogP contribution < -0.4 is 11.2 Å². The van der Waals surface area contributed by atoms with Crippen molar-refractivity contribution in [1.82, 2.24) is 19.1 Å². The van der Waals surface area contributed by atoms with Crippen LogP contribution in [0.1, 0.15) is 12.5 Å². The molecule has 0 aliphatic rings. The zero-order valence-electron chi connectivity index (χ0n) is 11.3. The van der Waals surface area contributed by atoms with Gasteiger partial charge in [-0.3, -0.25) is 9.36 Å². The quantitative estimate of drug-likeness (QED) is 0.543. The normalized spacial score (nSPS) is 11.1. The van der Waals surface area contributed by atoms with E-state index in [9.17, 15) is 9.59 Å². The number of nitrogens with zero attached hydrogens (tertiary/aromatic N) is 3. The Morgan fingerprint density at radius 1 is 1.24 bits per heavy atom. The van der Waals surface area contributed by atoms with Crippen molar-refractivity contribution in [3.63, 3.8) is 0 Å². The third-order valence-corrected chi connectivity index (χ3v) is 4.26. The first-order chi connectivity index (χ1) is 10.2. The van der Waals surface area contributed by atoms with Crippen molar-refractivity contribution in [3.05, 3.63) is 57.0 Å². The highest BCUT2D eigenvalue weighted by atomic mass is 127. The van der Waals surface area contributed by atoms with Gasteiger partial charge in [-0.05, 0) is 24.6 Å². The lowest BCUT2D eigenvalue weighted by atomic mass is 10.2. The van der Waals surface area contributed by atoms with Crippen LogP contribution in [0.4, 0.5) is 0 Å². The van der Waals surface area contributed by atoms with Gasteiger partial charge in [0.15, 0.2) is 5.65 Å². The van der Waals surface area contributed by atoms with Crippen LogP contribution in [0.25, 0.3) is 16.9 Å². The Labute approximate surface area is 133 Å². The maximum atomic E-state index is 12.6. The fourth-order valence-electron chi connectivity index (χ4n) is 2.29. The lowest BCUT2D eigenvalue weighted by molar-refractivity contribution is 0.659. The predicted molar refractivity (Wildman–Crippen MR) is 89.3 cm³/mol. The lowest BCUT2D eigenvalue weighted by Gasteiger charge is -2.10. The number of aromatic amines is 1. The summed E-state index contributed by atoms with van der Waals surface area (Å²) in [6.45, 7) is 2.09. The van der Waals surface area contributed by atoms with Crippen LogP contribution in [0.3, 0.4) is 0 Å². The van der Waals surface area contributed by atoms with Gasteiger partial charge in [-0.1, -0.05) is 34.7 Å². The molecule has 0 unspecified atom stereocenters. The van der Waals surface area contributed by atoms with E-state index < -0.39 is 0 Å². The monoisotopic (exact) mass is 396 g/mol. The minimum absolute atomic E-state index is 0.318. The van der Waals surface area contributed by atoms with E-state index in [1.54, 1.807) is 6.92 Å². The number of halogens is 1. The van der Waals surface area contributed by atoms with Crippen molar-refractivity contribution in [2.24, 2.45) is 0 Å². The molecule has 0 bridgehead atoms. The van der Waals surface area contributed by atoms with Crippen molar-refractivity contribution in [1.29, 1.82) is 0 Å². The molecule has 6 nitrogen and oxygen atoms in total. The lowest BCUT2D eigenvalue weighted by Crippen LogP contribution is -2.39. The average Bonchev–Trinajstić information content (AvgIpc) is 2.98. The van der Waals surface area contributed by atoms with Crippen LogP contribution in [0, 0.1) is 0 Å². The molecule has 0 atom stereocenters. The first kappa shape index (κ1) is 14.1. The molecule has 3 aromatic rings. The molecule has 0 aliphatic carbocycles. The van der Waals surface area contributed by atoms with Gasteiger partial charge in [-0.2, -0.15) is 0 Å². The van der Waals surface area contributed by atoms with Gasteiger partial charge in [0.1, 0.15) is 5.52 Å². The molecule has 0 spiro atoms. The van der Waals surface area contributed by atoms with Gasteiger partial charge in [-0.15, -0.1) is 0 Å². The van der Waals surface area contributed by atoms with Gasteiger partial charge in [-0.25, -0.2) is 14.3 Å². The number of alkyl halides is 1. The second-order valence-electron chi connectivity index (χ2n) is 4.57. The van der Waals surface area contributed by atoms with E-state index >= 15 is 0 Å². The molecule has 108 valence electrons. The number of nitrogens with one attached hydrogen (secondary N) is 1. The van der Waals surface area contributed by atoms with Crippen LogP contribution in [-0.4, -0.2) is 19.1 Å². The summed E-state index contributed by atoms with van der Waals surface area (Å²) in [7, 11) is 0. The molecule has 2 aromatic heterocycles. The highest BCUT2D eigenvalue weighted by molar-refractivity contribution is 14.1. The summed E-state index contributed by atoms with van der Waals surface area (Å²) in [5.41, 5.74) is 1.87. The molecular weight excluding hydrogens is 383 g/mol. The van der Waals surface area contributed by atoms with Gasteiger partial charge < -0.3 is 4.98 Å². The number of benzene rings is 1. The SMILES string of the molecule is CCn1c(=O)c2[nH]cnc2n(-c2ccc(CI)cc2)c1=O. The first-order valence-corrected chi connectivity index (χ1v) is 8.04. The van der Waals surface area contributed by atoms with E-state index in [4.69, 9.17) is 0 Å². The molecule has 0 saturated heterocycles. The molecule has 0 fully saturated rings. The zero-order chi connectivity index (χ0) is 15.0. The van der Waals surface area contributed by atoms with Crippen molar-refractivity contribution in [2.45, 2.75) is 17.9 Å². The fraction of sp³-hybridized carbons (Fsp3) is 0.214. The van der Waals surface area contributed by atoms with Crippen molar-refractivity contribution < 1.29 is 0 Å². The van der Waals surface area contributed by atoms with E-state index in [0.717, 1.165) is 4.43 Å². The van der Waals surface area contributed by atoms with E-state index in [1.807, 2.05) is 24.3 Å². The number of imidazole rings is 1. The summed E-state index contributed by atoms with van der Waals surface area (Å²) in [6, 6.07) is 7.67. The van der Waals surface area contributed by atoms with Crippen LogP contribution in [-0.2, 0) is 11.0 Å². The Morgan fingerprint density at radius 2 is 1.95 bits per heavy atom. The molecule has 21 heavy (non-hydrogen) atoms. The van der Waals surface area contributed by atoms with Gasteiger partial charge in [0.2, 0.25) is 0 Å². The summed E-state index contributed by atoms with van der Waals surface area (Å²) in [5, 5.41) is 0. The van der Waals surface area contributed by atoms with E-state index in [1.165, 1.54) is 21.0 Å². The van der Waals surface area contributed by atoms with E-state index in [-0.39, 0.29) is 11.2 Å². The first-order valence-electron chi connectivity index (χ1n) is 6.51. The standard InChI is InChI=1S/C14H13IN4O2/c1-2-18-13(20)11-12(17-8-16-11)19(14(18)21)10-5-3-9(7-15)4-6-10/h3-6,8H,2,7H2,1H3,(H,16,17). The summed E-state index contributed by atoms with van der Waals surface area (Å²) >= 11 is 2.28. The number of hydrogen-bond acceptors (Lipinski definition) is 3. The molecule has 0 saturated carbocycles. The molecule has 2 heterocycles. The summed E-state index contributed by atoms with van der Waals surface area (Å²) in [5.74, 6) is 0. The van der Waals surface area contributed by atoms with Crippen molar-refractivity contribution >= 4 is 33.8 Å². The maximum absolute atomic E-state index is 12.6. The van der Waals surface area contributed by atoms with Crippen LogP contribution in [0.2, 0.25) is 0 Å². The highest BCUT2D eigenvalue weighted by Gasteiger charge is 2.15. The number of fused-ring (bicyclic) bond motifs is 1. The second-order valence-corrected chi connectivity index (χ2v) is 5.33. The highest BCUT2D eigenvalue weighted by Crippen LogP contribution is 2.13. The van der Waals surface area contributed by atoms with Gasteiger partial charge in [0.25, 0.3) is 5.56 Å². The van der Waals surface area contributed by atoms with Gasteiger partial charge >= 0.3 is 5.69 Å². The Bertz CT molecular complexity index is 905. The van der Waals surface area contributed by atoms with E-state index in [2.05, 4.69) is 32.6 Å². The molecular formula is C14H13IN4O2. The summed E-state index contributed by atoms with van der Waals surface area (Å²) < 4.78 is 3.57. The fourth-order valence-corrected chi connectivity index (χ4v) is 2.80. The maximum Gasteiger partial charge on any atom is 0.337 e. The number of rotatable bonds is 3. The summed E-state index contributed by atoms with van der Waals surface area (Å²) in [4.78, 5) is 31.7. The molecule has 1 aromatic carbocycles. The van der Waals surface area contributed by atoms with Gasteiger partial charge in [0, 0.05) is 11.0 Å². The van der Waals surface area contributed by atoms with Crippen LogP contribution in [0.15, 0.2) is 40.2 Å². The van der Waals surface area contributed by atoms with E-state index in [0.29, 0.717) is 23.4 Å². The topological polar surface area (TPSA) is 72.7 Å². The second kappa shape index (κ2) is 5.47. The van der Waals surface area contributed by atoms with Gasteiger partial charge in [0.05, 0.1) is 12.0 Å². The number of H-pyrrole nitrogens is 1. The van der Waals surface area contributed by atoms with Crippen molar-refractivity contribution in [2.75, 3.05) is 0 Å². The predicted octanol–water partition coefficient (Wildman–Crippen LogP) is 1.83. The minimum atomic E-state index is -0.371. The van der Waals surface area contributed by atoms with Crippen molar-refractivity contribution in [3.8, 4) is 5.69 Å². The molecule has 3 rings (SSSR count). The Hall–Kier alpha value is -1.90. The molecule has 0 amide bonds. The Morgan fingerprint density at radius 3 is 2.57 bits per heavy atom. The number of hydrogen-bond donors (Lipinski definition) is 1. The zero-order valence-corrected chi connectivity index (χ0v) is 13.5. The molecule has 7 heteroatoms. The smallest absolute Gasteiger partial charge is 0.337 e. The third kappa shape index (κ3) is 2.21. The number of aromatic nitrogens is 4. The Kier molecular flexibility index (Phi) is 3.66. The molecule has 1 N–H and O–H groups in total. The average molecular weight is 396 g/mol. The summed E-state index contributed by atoms with van der Waals surface area (Å²) in [6.07, 6.45) is 1.43. The minimum Gasteiger partial charge on any atom is -0.339 e.